The van der Waals surface area contributed by atoms with Crippen LogP contribution in [0, 0.1) is 0 Å². The number of esters is 2. The maximum atomic E-state index is 12.1. The summed E-state index contributed by atoms with van der Waals surface area (Å²) >= 11 is 9.67. The third-order valence-corrected chi connectivity index (χ3v) is 6.46. The molecule has 0 aliphatic heterocycles. The van der Waals surface area contributed by atoms with Gasteiger partial charge in [-0.25, -0.2) is 4.79 Å². The number of thiophene rings is 2. The molecule has 120 valence electrons. The molecule has 0 atom stereocenters. The quantitative estimate of drug-likeness (QED) is 0.428. The molecule has 0 saturated carbocycles. The van der Waals surface area contributed by atoms with Gasteiger partial charge >= 0.3 is 11.9 Å². The second-order valence-corrected chi connectivity index (χ2v) is 7.64. The van der Waals surface area contributed by atoms with Crippen molar-refractivity contribution in [2.45, 2.75) is 30.9 Å². The maximum Gasteiger partial charge on any atom is 0.348 e. The lowest BCUT2D eigenvalue weighted by Gasteiger charge is -2.04. The first-order chi connectivity index (χ1) is 10.6. The van der Waals surface area contributed by atoms with Gasteiger partial charge in [-0.1, -0.05) is 50.1 Å². The molecule has 0 aliphatic rings. The number of ether oxygens (including phenoxy) is 2. The fourth-order valence-corrected chi connectivity index (χ4v) is 5.97. The monoisotopic (exact) mass is 468 g/mol. The van der Waals surface area contributed by atoms with E-state index < -0.39 is 0 Å². The van der Waals surface area contributed by atoms with E-state index in [1.165, 1.54) is 22.7 Å². The van der Waals surface area contributed by atoms with Crippen LogP contribution in [0.5, 0.6) is 5.06 Å². The molecule has 0 saturated heterocycles. The Hall–Kier alpha value is -0.440. The summed E-state index contributed by atoms with van der Waals surface area (Å²) in [5, 5.41) is 2.67. The number of hydrogen-bond acceptors (Lipinski definition) is 6. The molecule has 0 fully saturated rings. The van der Waals surface area contributed by atoms with E-state index in [0.29, 0.717) is 33.6 Å². The number of halogens is 2. The summed E-state index contributed by atoms with van der Waals surface area (Å²) in [6.45, 7) is 3.89. The lowest BCUT2D eigenvalue weighted by molar-refractivity contribution is -0.133. The Morgan fingerprint density at radius 2 is 1.77 bits per heavy atom. The predicted molar refractivity (Wildman–Crippen MR) is 96.8 cm³/mol. The number of hydrogen-bond donors (Lipinski definition) is 0. The SMILES string of the molecule is CCOC(=O)c1sc2sc(OC(=O)CC)c(CBr)c2c1CBr. The Morgan fingerprint density at radius 1 is 1.09 bits per heavy atom. The number of fused-ring (bicyclic) bond motifs is 1. The topological polar surface area (TPSA) is 52.6 Å². The zero-order valence-corrected chi connectivity index (χ0v) is 16.8. The Balaban J connectivity index is 2.55. The van der Waals surface area contributed by atoms with Gasteiger partial charge in [-0.3, -0.25) is 4.79 Å². The van der Waals surface area contributed by atoms with Crippen molar-refractivity contribution in [3.63, 3.8) is 0 Å². The van der Waals surface area contributed by atoms with Gasteiger partial charge < -0.3 is 9.47 Å². The molecule has 0 spiro atoms. The average molecular weight is 470 g/mol. The Labute approximate surface area is 153 Å². The van der Waals surface area contributed by atoms with Crippen LogP contribution in [0.1, 0.15) is 41.1 Å². The van der Waals surface area contributed by atoms with Crippen LogP contribution in [0.4, 0.5) is 0 Å². The molecule has 2 aromatic heterocycles. The van der Waals surface area contributed by atoms with Gasteiger partial charge in [0.05, 0.1) is 10.6 Å². The summed E-state index contributed by atoms with van der Waals surface area (Å²) in [5.74, 6) is -0.569. The van der Waals surface area contributed by atoms with Gasteiger partial charge in [-0.05, 0) is 12.5 Å². The largest absolute Gasteiger partial charge is 0.462 e. The number of rotatable bonds is 6. The van der Waals surface area contributed by atoms with Gasteiger partial charge in [0.25, 0.3) is 0 Å². The first kappa shape index (κ1) is 17.9. The van der Waals surface area contributed by atoms with Crippen molar-refractivity contribution in [1.29, 1.82) is 0 Å². The first-order valence-electron chi connectivity index (χ1n) is 6.64. The van der Waals surface area contributed by atoms with Gasteiger partial charge in [0, 0.05) is 28.0 Å². The van der Waals surface area contributed by atoms with Crippen molar-refractivity contribution in [3.8, 4) is 5.06 Å². The highest BCUT2D eigenvalue weighted by atomic mass is 79.9. The highest BCUT2D eigenvalue weighted by molar-refractivity contribution is 9.08. The van der Waals surface area contributed by atoms with E-state index in [4.69, 9.17) is 9.47 Å². The van der Waals surface area contributed by atoms with E-state index in [1.54, 1.807) is 13.8 Å². The standard InChI is InChI=1S/C14H14Br2O4S2/c1-3-9(17)20-13-8(6-16)10-7(5-15)11(12(18)19-4-2)21-14(10)22-13/h3-6H2,1-2H3. The molecule has 0 radical (unpaired) electrons. The van der Waals surface area contributed by atoms with Crippen LogP contribution < -0.4 is 4.74 Å². The number of carbonyl (C=O) groups is 2. The third-order valence-electron chi connectivity index (χ3n) is 2.93. The van der Waals surface area contributed by atoms with Crippen LogP contribution >= 0.6 is 54.5 Å². The van der Waals surface area contributed by atoms with Crippen molar-refractivity contribution < 1.29 is 19.1 Å². The van der Waals surface area contributed by atoms with Crippen molar-refractivity contribution in [1.82, 2.24) is 0 Å². The van der Waals surface area contributed by atoms with E-state index in [0.717, 1.165) is 20.5 Å². The molecule has 2 heterocycles. The minimum absolute atomic E-state index is 0.262. The molecule has 0 bridgehead atoms. The zero-order valence-electron chi connectivity index (χ0n) is 12.0. The second kappa shape index (κ2) is 7.90. The molecule has 0 aliphatic carbocycles. The molecule has 0 aromatic carbocycles. The molecule has 0 unspecified atom stereocenters. The molecular formula is C14H14Br2O4S2. The molecule has 2 aromatic rings. The average Bonchev–Trinajstić information content (AvgIpc) is 3.02. The molecule has 8 heteroatoms. The fourth-order valence-electron chi connectivity index (χ4n) is 1.94. The zero-order chi connectivity index (χ0) is 16.3. The summed E-state index contributed by atoms with van der Waals surface area (Å²) < 4.78 is 11.5. The van der Waals surface area contributed by atoms with Crippen LogP contribution in [0.15, 0.2) is 0 Å². The molecule has 4 nitrogen and oxygen atoms in total. The molecule has 2 rings (SSSR count). The summed E-state index contributed by atoms with van der Waals surface area (Å²) in [6.07, 6.45) is 0.326. The third kappa shape index (κ3) is 3.39. The van der Waals surface area contributed by atoms with E-state index in [9.17, 15) is 9.59 Å². The van der Waals surface area contributed by atoms with Gasteiger partial charge in [0.2, 0.25) is 0 Å². The van der Waals surface area contributed by atoms with Crippen LogP contribution in [-0.2, 0) is 20.2 Å². The minimum atomic E-state index is -0.307. The first-order valence-corrected chi connectivity index (χ1v) is 10.5. The van der Waals surface area contributed by atoms with E-state index in [-0.39, 0.29) is 11.9 Å². The van der Waals surface area contributed by atoms with Crippen LogP contribution in [-0.4, -0.2) is 18.5 Å². The van der Waals surface area contributed by atoms with Crippen LogP contribution in [0.2, 0.25) is 0 Å². The summed E-state index contributed by atoms with van der Waals surface area (Å²) in [6, 6.07) is 0. The summed E-state index contributed by atoms with van der Waals surface area (Å²) in [7, 11) is 0. The van der Waals surface area contributed by atoms with Crippen molar-refractivity contribution >= 4 is 75.9 Å². The van der Waals surface area contributed by atoms with Crippen molar-refractivity contribution in [2.75, 3.05) is 6.61 Å². The number of alkyl halides is 2. The molecule has 22 heavy (non-hydrogen) atoms. The van der Waals surface area contributed by atoms with E-state index in [2.05, 4.69) is 31.9 Å². The predicted octanol–water partition coefficient (Wildman–Crippen LogP) is 5.24. The van der Waals surface area contributed by atoms with Crippen molar-refractivity contribution in [3.05, 3.63) is 16.0 Å². The van der Waals surface area contributed by atoms with Gasteiger partial charge in [0.1, 0.15) is 4.88 Å². The summed E-state index contributed by atoms with van der Waals surface area (Å²) in [5.41, 5.74) is 1.80. The normalized spacial score (nSPS) is 10.9. The Bertz CT molecular complexity index is 705. The van der Waals surface area contributed by atoms with E-state index >= 15 is 0 Å². The van der Waals surface area contributed by atoms with Gasteiger partial charge in [-0.2, -0.15) is 0 Å². The van der Waals surface area contributed by atoms with Crippen LogP contribution in [0.25, 0.3) is 9.40 Å². The second-order valence-electron chi connectivity index (χ2n) is 4.26. The number of carbonyl (C=O) groups excluding carboxylic acids is 2. The Kier molecular flexibility index (Phi) is 6.43. The van der Waals surface area contributed by atoms with Crippen LogP contribution in [0.3, 0.4) is 0 Å². The molecule has 0 amide bonds. The van der Waals surface area contributed by atoms with Gasteiger partial charge in [0.15, 0.2) is 5.06 Å². The van der Waals surface area contributed by atoms with Crippen molar-refractivity contribution in [2.24, 2.45) is 0 Å². The fraction of sp³-hybridized carbons (Fsp3) is 0.429. The molecular weight excluding hydrogens is 456 g/mol. The smallest absolute Gasteiger partial charge is 0.348 e. The highest BCUT2D eigenvalue weighted by Gasteiger charge is 2.25. The maximum absolute atomic E-state index is 12.1. The summed E-state index contributed by atoms with van der Waals surface area (Å²) in [4.78, 5) is 24.2. The Morgan fingerprint density at radius 3 is 2.32 bits per heavy atom. The minimum Gasteiger partial charge on any atom is -0.462 e. The lowest BCUT2D eigenvalue weighted by Crippen LogP contribution is -2.06. The van der Waals surface area contributed by atoms with Gasteiger partial charge in [-0.15, -0.1) is 11.3 Å². The molecule has 0 N–H and O–H groups in total. The lowest BCUT2D eigenvalue weighted by atomic mass is 10.1. The van der Waals surface area contributed by atoms with E-state index in [1.807, 2.05) is 0 Å². The highest BCUT2D eigenvalue weighted by Crippen LogP contribution is 2.47.